The molecule has 0 radical (unpaired) electrons. The van der Waals surface area contributed by atoms with E-state index in [4.69, 9.17) is 4.74 Å². The van der Waals surface area contributed by atoms with Crippen LogP contribution in [0.4, 0.5) is 14.4 Å². The van der Waals surface area contributed by atoms with Gasteiger partial charge >= 0.3 is 58.2 Å². The minimum absolute atomic E-state index is 0. The number of Topliss-reactive ketones (excluding diaryl/α,β-unsaturated/α-hetero) is 1. The number of carboxylic acid groups (broad SMARTS) is 3. The molecule has 6 atom stereocenters. The number of carbonyl (C=O) groups is 5. The summed E-state index contributed by atoms with van der Waals surface area (Å²) in [5.74, 6) is 2.42. The second-order valence-corrected chi connectivity index (χ2v) is 16.2. The van der Waals surface area contributed by atoms with Crippen molar-refractivity contribution in [3.8, 4) is 0 Å². The van der Waals surface area contributed by atoms with E-state index in [2.05, 4.69) is 18.7 Å². The number of rotatable bonds is 10. The van der Waals surface area contributed by atoms with Crippen molar-refractivity contribution < 1.29 is 84.0 Å². The maximum atomic E-state index is 13.5. The molecule has 1 saturated heterocycles. The van der Waals surface area contributed by atoms with Gasteiger partial charge in [-0.15, -0.1) is 0 Å². The van der Waals surface area contributed by atoms with Gasteiger partial charge in [-0.25, -0.2) is 14.4 Å². The van der Waals surface area contributed by atoms with E-state index < -0.39 is 18.3 Å². The van der Waals surface area contributed by atoms with Crippen LogP contribution in [0.3, 0.4) is 0 Å². The topological polar surface area (TPSA) is 168 Å². The fourth-order valence-electron chi connectivity index (χ4n) is 10.5. The van der Waals surface area contributed by atoms with Crippen LogP contribution >= 0.6 is 0 Å². The maximum Gasteiger partial charge on any atom is 2.00 e. The molecular formula is C38H60GdN4O9+2. The Balaban J connectivity index is 0.00000605. The number of ketones is 2. The van der Waals surface area contributed by atoms with Gasteiger partial charge in [0.1, 0.15) is 6.61 Å². The molecule has 1 aliphatic heterocycles. The molecule has 292 valence electrons. The minimum atomic E-state index is -1.20. The molecule has 52 heavy (non-hydrogen) atoms. The van der Waals surface area contributed by atoms with Gasteiger partial charge < -0.3 is 34.8 Å². The van der Waals surface area contributed by atoms with Crippen LogP contribution in [0.15, 0.2) is 11.6 Å². The van der Waals surface area contributed by atoms with Crippen molar-refractivity contribution in [1.29, 1.82) is 0 Å². The Hall–Kier alpha value is -1.87. The van der Waals surface area contributed by atoms with Gasteiger partial charge in [-0.3, -0.25) is 14.5 Å². The second kappa shape index (κ2) is 19.1. The van der Waals surface area contributed by atoms with Crippen LogP contribution in [0.25, 0.3) is 0 Å². The van der Waals surface area contributed by atoms with Gasteiger partial charge in [0.2, 0.25) is 0 Å². The first-order valence-corrected chi connectivity index (χ1v) is 19.3. The zero-order valence-electron chi connectivity index (χ0n) is 31.1. The van der Waals surface area contributed by atoms with E-state index in [-0.39, 0.29) is 108 Å². The molecule has 4 fully saturated rings. The maximum absolute atomic E-state index is 13.5. The molecule has 1 heterocycles. The number of amides is 3. The Labute approximate surface area is 340 Å². The van der Waals surface area contributed by atoms with E-state index in [0.717, 1.165) is 75.5 Å². The fourth-order valence-corrected chi connectivity index (χ4v) is 10.5. The van der Waals surface area contributed by atoms with Gasteiger partial charge in [-0.05, 0) is 99.0 Å². The molecule has 5 aliphatic rings. The molecular weight excluding hydrogens is 814 g/mol. The summed E-state index contributed by atoms with van der Waals surface area (Å²) in [6.45, 7) is 7.45. The molecule has 13 nitrogen and oxygen atoms in total. The van der Waals surface area contributed by atoms with Crippen molar-refractivity contribution in [3.63, 3.8) is 0 Å². The number of allylic oxidation sites excluding steroid dienone is 1. The smallest absolute Gasteiger partial charge is 0.465 e. The number of nitrogens with zero attached hydrogens (tertiary/aromatic N) is 4. The van der Waals surface area contributed by atoms with Gasteiger partial charge in [0.05, 0.1) is 0 Å². The first-order chi connectivity index (χ1) is 24.3. The number of fused-ring (bicyclic) bond motifs is 5. The van der Waals surface area contributed by atoms with Crippen LogP contribution in [-0.4, -0.2) is 137 Å². The molecule has 3 amide bonds. The quantitative estimate of drug-likeness (QED) is 0.237. The summed E-state index contributed by atoms with van der Waals surface area (Å²) in [5.41, 5.74) is 1.56. The van der Waals surface area contributed by atoms with Crippen molar-refractivity contribution in [1.82, 2.24) is 19.6 Å². The van der Waals surface area contributed by atoms with E-state index in [9.17, 15) is 39.3 Å². The van der Waals surface area contributed by atoms with Crippen molar-refractivity contribution in [2.75, 3.05) is 72.1 Å². The monoisotopic (exact) mass is 874 g/mol. The SMILES string of the molecule is CC12CCC(=O)C=C1CCC1C2CCC2(C)C(C(=O)COCCCCCCN3CCN(C(=O)O)CCN(C(=O)O)CCN(C(=O)O)CC3)CCC12.[Gd+2]. The Kier molecular flexibility index (Phi) is 15.8. The van der Waals surface area contributed by atoms with Crippen molar-refractivity contribution in [2.45, 2.75) is 90.9 Å². The molecule has 0 bridgehead atoms. The van der Waals surface area contributed by atoms with Crippen LogP contribution in [0, 0.1) is 74.4 Å². The third kappa shape index (κ3) is 10.1. The number of hydrogen-bond acceptors (Lipinski definition) is 7. The summed E-state index contributed by atoms with van der Waals surface area (Å²) in [6, 6.07) is 0. The molecule has 0 spiro atoms. The van der Waals surface area contributed by atoms with Crippen molar-refractivity contribution in [2.24, 2.45) is 34.5 Å². The molecule has 0 aromatic carbocycles. The first-order valence-electron chi connectivity index (χ1n) is 19.3. The molecule has 4 aliphatic carbocycles. The molecule has 0 aromatic heterocycles. The largest absolute Gasteiger partial charge is 2.00 e. The van der Waals surface area contributed by atoms with E-state index in [0.29, 0.717) is 56.2 Å². The van der Waals surface area contributed by atoms with Crippen LogP contribution in [-0.2, 0) is 14.3 Å². The van der Waals surface area contributed by atoms with Crippen molar-refractivity contribution >= 4 is 29.8 Å². The predicted octanol–water partition coefficient (Wildman–Crippen LogP) is 5.54. The van der Waals surface area contributed by atoms with E-state index in [1.54, 1.807) is 0 Å². The second-order valence-electron chi connectivity index (χ2n) is 16.2. The minimum Gasteiger partial charge on any atom is -0.465 e. The Morgan fingerprint density at radius 3 is 1.90 bits per heavy atom. The number of carbonyl (C=O) groups excluding carboxylic acids is 2. The van der Waals surface area contributed by atoms with E-state index in [1.807, 2.05) is 6.08 Å². The number of unbranched alkanes of at least 4 members (excludes halogenated alkanes) is 3. The van der Waals surface area contributed by atoms with Crippen LogP contribution in [0.2, 0.25) is 0 Å². The Morgan fingerprint density at radius 1 is 0.731 bits per heavy atom. The summed E-state index contributed by atoms with van der Waals surface area (Å²) in [7, 11) is 0. The number of ether oxygens (including phenoxy) is 1. The van der Waals surface area contributed by atoms with Crippen LogP contribution < -0.4 is 0 Å². The standard InChI is InChI=1S/C38H60N4O9.Gd/c1-37-13-11-28(43)25-27(37)7-8-29-30-9-10-32(38(30,2)14-12-31(29)37)33(44)26-51-24-6-4-3-5-15-39-16-18-40(34(45)46)20-22-42(36(49)50)23-21-41(19-17-39)35(47)48;/h25,29-32H,3-24,26H2,1-2H3,(H,45,46)(H,47,48)(H,49,50);/q;+2. The molecule has 3 N–H and O–H groups in total. The van der Waals surface area contributed by atoms with Gasteiger partial charge in [-0.1, -0.05) is 32.3 Å². The van der Waals surface area contributed by atoms with Gasteiger partial charge in [0, 0.05) is 71.3 Å². The van der Waals surface area contributed by atoms with Gasteiger partial charge in [0.25, 0.3) is 0 Å². The van der Waals surface area contributed by atoms with Crippen molar-refractivity contribution in [3.05, 3.63) is 11.6 Å². The third-order valence-electron chi connectivity index (χ3n) is 13.6. The zero-order chi connectivity index (χ0) is 36.8. The average Bonchev–Trinajstić information content (AvgIpc) is 3.44. The van der Waals surface area contributed by atoms with E-state index in [1.165, 1.54) is 15.4 Å². The summed E-state index contributed by atoms with van der Waals surface area (Å²) in [5, 5.41) is 28.8. The Morgan fingerprint density at radius 2 is 1.31 bits per heavy atom. The summed E-state index contributed by atoms with van der Waals surface area (Å²) >= 11 is 0. The van der Waals surface area contributed by atoms with Crippen LogP contribution in [0.5, 0.6) is 0 Å². The summed E-state index contributed by atoms with van der Waals surface area (Å²) in [6.07, 6.45) is 10.2. The summed E-state index contributed by atoms with van der Waals surface area (Å²) in [4.78, 5) is 66.5. The first kappa shape index (κ1) is 42.9. The molecule has 6 unspecified atom stereocenters. The molecule has 5 rings (SSSR count). The fraction of sp³-hybridized carbons (Fsp3) is 0.816. The average molecular weight is 874 g/mol. The normalized spacial score (nSPS) is 31.5. The zero-order valence-corrected chi connectivity index (χ0v) is 33.4. The van der Waals surface area contributed by atoms with Gasteiger partial charge in [0.15, 0.2) is 11.6 Å². The number of hydrogen-bond donors (Lipinski definition) is 3. The molecule has 0 aromatic rings. The van der Waals surface area contributed by atoms with Gasteiger partial charge in [-0.2, -0.15) is 0 Å². The predicted molar refractivity (Wildman–Crippen MR) is 190 cm³/mol. The van der Waals surface area contributed by atoms with Crippen LogP contribution in [0.1, 0.15) is 90.9 Å². The molecule has 14 heteroatoms. The van der Waals surface area contributed by atoms with E-state index >= 15 is 0 Å². The third-order valence-corrected chi connectivity index (χ3v) is 13.6. The molecule has 3 saturated carbocycles. The Bertz CT molecular complexity index is 1300. The summed E-state index contributed by atoms with van der Waals surface area (Å²) < 4.78 is 5.94.